The van der Waals surface area contributed by atoms with E-state index >= 15 is 0 Å². The topological polar surface area (TPSA) is 82.1 Å². The molecule has 1 unspecified atom stereocenters. The minimum absolute atomic E-state index is 0.0183. The predicted octanol–water partition coefficient (Wildman–Crippen LogP) is 3.83. The van der Waals surface area contributed by atoms with Gasteiger partial charge in [0.25, 0.3) is 5.91 Å². The highest BCUT2D eigenvalue weighted by molar-refractivity contribution is 6.45. The lowest BCUT2D eigenvalue weighted by molar-refractivity contribution is -0.130. The van der Waals surface area contributed by atoms with Crippen LogP contribution >= 0.6 is 0 Å². The summed E-state index contributed by atoms with van der Waals surface area (Å²) >= 11 is 0. The Hall–Kier alpha value is -3.88. The molecule has 36 heavy (non-hydrogen) atoms. The number of ether oxygens (including phenoxy) is 1. The van der Waals surface area contributed by atoms with E-state index in [1.54, 1.807) is 29.9 Å². The van der Waals surface area contributed by atoms with Crippen molar-refractivity contribution in [3.05, 3.63) is 96.6 Å². The van der Waals surface area contributed by atoms with Gasteiger partial charge in [0.1, 0.15) is 12.3 Å². The second kappa shape index (κ2) is 12.2. The van der Waals surface area contributed by atoms with Crippen LogP contribution in [-0.4, -0.2) is 54.5 Å². The lowest BCUT2D eigenvalue weighted by atomic mass is 9.87. The standard InChI is InChI=1S/C28H30BN3O4/c1-29(35)30-23-18-19-31(20-23)28(34)21-32(27(33)17-16-22-10-4-2-5-11-22)25-14-8-9-15-26(25)36-24-12-6-3-7-13-24/h2-17,23,30,35H,18-21H2,1H3. The smallest absolute Gasteiger partial charge is 0.373 e. The number of nitrogens with zero attached hydrogens (tertiary/aromatic N) is 2. The maximum absolute atomic E-state index is 13.4. The van der Waals surface area contributed by atoms with Gasteiger partial charge in [0.15, 0.2) is 5.75 Å². The molecule has 1 aliphatic heterocycles. The first-order chi connectivity index (χ1) is 17.5. The van der Waals surface area contributed by atoms with Crippen molar-refractivity contribution in [3.63, 3.8) is 0 Å². The summed E-state index contributed by atoms with van der Waals surface area (Å²) < 4.78 is 6.09. The molecule has 1 fully saturated rings. The number of anilines is 1. The van der Waals surface area contributed by atoms with E-state index in [9.17, 15) is 14.6 Å². The summed E-state index contributed by atoms with van der Waals surface area (Å²) in [6.07, 6.45) is 3.95. The van der Waals surface area contributed by atoms with E-state index in [2.05, 4.69) is 5.23 Å². The quantitative estimate of drug-likeness (QED) is 0.357. The van der Waals surface area contributed by atoms with Gasteiger partial charge >= 0.3 is 7.05 Å². The van der Waals surface area contributed by atoms with Crippen LogP contribution in [0, 0.1) is 0 Å². The van der Waals surface area contributed by atoms with E-state index in [1.807, 2.05) is 72.8 Å². The number of rotatable bonds is 9. The van der Waals surface area contributed by atoms with Crippen LogP contribution in [0.5, 0.6) is 11.5 Å². The van der Waals surface area contributed by atoms with Crippen LogP contribution < -0.4 is 14.9 Å². The lowest BCUT2D eigenvalue weighted by Gasteiger charge is -2.26. The van der Waals surface area contributed by atoms with Gasteiger partial charge in [0.05, 0.1) is 5.69 Å². The maximum atomic E-state index is 13.4. The van der Waals surface area contributed by atoms with Crippen LogP contribution in [-0.2, 0) is 9.59 Å². The zero-order valence-corrected chi connectivity index (χ0v) is 20.3. The van der Waals surface area contributed by atoms with Crippen molar-refractivity contribution in [2.75, 3.05) is 24.5 Å². The number of para-hydroxylation sites is 3. The molecule has 2 amide bonds. The lowest BCUT2D eigenvalue weighted by Crippen LogP contribution is -2.45. The van der Waals surface area contributed by atoms with Crippen molar-refractivity contribution in [1.29, 1.82) is 0 Å². The zero-order valence-electron chi connectivity index (χ0n) is 20.3. The monoisotopic (exact) mass is 483 g/mol. The molecule has 8 heteroatoms. The third kappa shape index (κ3) is 6.84. The number of amides is 2. The average Bonchev–Trinajstić information content (AvgIpc) is 3.35. The number of hydrogen-bond acceptors (Lipinski definition) is 5. The van der Waals surface area contributed by atoms with Crippen molar-refractivity contribution in [2.24, 2.45) is 0 Å². The van der Waals surface area contributed by atoms with Crippen molar-refractivity contribution in [1.82, 2.24) is 10.1 Å². The molecule has 1 saturated heterocycles. The first-order valence-corrected chi connectivity index (χ1v) is 12.1. The zero-order chi connectivity index (χ0) is 25.3. The molecule has 0 aliphatic carbocycles. The molecular weight excluding hydrogens is 453 g/mol. The largest absolute Gasteiger partial charge is 0.455 e. The van der Waals surface area contributed by atoms with Crippen LogP contribution in [0.1, 0.15) is 12.0 Å². The summed E-state index contributed by atoms with van der Waals surface area (Å²) in [5.41, 5.74) is 1.40. The van der Waals surface area contributed by atoms with Crippen LogP contribution in [0.4, 0.5) is 5.69 Å². The van der Waals surface area contributed by atoms with Crippen molar-refractivity contribution in [2.45, 2.75) is 19.3 Å². The molecule has 0 aromatic heterocycles. The predicted molar refractivity (Wildman–Crippen MR) is 143 cm³/mol. The molecular formula is C28H30BN3O4. The SMILES string of the molecule is CB(O)NC1CCN(C(=O)CN(C(=O)C=Cc2ccccc2)c2ccccc2Oc2ccccc2)C1. The molecule has 4 rings (SSSR count). The first kappa shape index (κ1) is 25.2. The number of benzene rings is 3. The van der Waals surface area contributed by atoms with Crippen LogP contribution in [0.2, 0.25) is 6.82 Å². The van der Waals surface area contributed by atoms with Gasteiger partial charge in [-0.3, -0.25) is 14.5 Å². The van der Waals surface area contributed by atoms with Gasteiger partial charge in [0, 0.05) is 25.2 Å². The molecule has 3 aromatic carbocycles. The molecule has 0 saturated carbocycles. The summed E-state index contributed by atoms with van der Waals surface area (Å²) in [5, 5.41) is 12.7. The Morgan fingerprint density at radius 1 is 1.06 bits per heavy atom. The normalized spacial score (nSPS) is 15.2. The molecule has 0 spiro atoms. The van der Waals surface area contributed by atoms with E-state index in [0.717, 1.165) is 12.0 Å². The first-order valence-electron chi connectivity index (χ1n) is 12.1. The Bertz CT molecular complexity index is 1190. The Morgan fingerprint density at radius 3 is 2.44 bits per heavy atom. The molecule has 0 bridgehead atoms. The van der Waals surface area contributed by atoms with Gasteiger partial charge in [-0.1, -0.05) is 60.7 Å². The molecule has 184 valence electrons. The second-order valence-electron chi connectivity index (χ2n) is 8.72. The van der Waals surface area contributed by atoms with Gasteiger partial charge in [0.2, 0.25) is 5.91 Å². The minimum Gasteiger partial charge on any atom is -0.455 e. The highest BCUT2D eigenvalue weighted by atomic mass is 16.5. The van der Waals surface area contributed by atoms with E-state index in [0.29, 0.717) is 30.3 Å². The van der Waals surface area contributed by atoms with Gasteiger partial charge in [-0.05, 0) is 49.1 Å². The van der Waals surface area contributed by atoms with E-state index in [4.69, 9.17) is 4.74 Å². The minimum atomic E-state index is -0.645. The Kier molecular flexibility index (Phi) is 8.55. The van der Waals surface area contributed by atoms with Gasteiger partial charge in [-0.15, -0.1) is 0 Å². The fraction of sp³-hybridized carbons (Fsp3) is 0.214. The van der Waals surface area contributed by atoms with E-state index < -0.39 is 7.05 Å². The Morgan fingerprint density at radius 2 is 1.72 bits per heavy atom. The molecule has 1 atom stereocenters. The fourth-order valence-corrected chi connectivity index (χ4v) is 4.18. The summed E-state index contributed by atoms with van der Waals surface area (Å²) in [4.78, 5) is 29.9. The van der Waals surface area contributed by atoms with Gasteiger partial charge in [-0.25, -0.2) is 0 Å². The maximum Gasteiger partial charge on any atom is 0.373 e. The van der Waals surface area contributed by atoms with E-state index in [1.165, 1.54) is 11.0 Å². The van der Waals surface area contributed by atoms with Crippen LogP contribution in [0.15, 0.2) is 91.0 Å². The highest BCUT2D eigenvalue weighted by Gasteiger charge is 2.30. The molecule has 1 heterocycles. The fourth-order valence-electron chi connectivity index (χ4n) is 4.18. The highest BCUT2D eigenvalue weighted by Crippen LogP contribution is 2.32. The molecule has 1 aliphatic rings. The Balaban J connectivity index is 1.58. The third-order valence-electron chi connectivity index (χ3n) is 5.92. The third-order valence-corrected chi connectivity index (χ3v) is 5.92. The van der Waals surface area contributed by atoms with Crippen molar-refractivity contribution in [3.8, 4) is 11.5 Å². The average molecular weight is 483 g/mol. The molecule has 3 aromatic rings. The second-order valence-corrected chi connectivity index (χ2v) is 8.72. The van der Waals surface area contributed by atoms with Crippen molar-refractivity contribution >= 4 is 30.6 Å². The number of carbonyl (C=O) groups excluding carboxylic acids is 2. The number of carbonyl (C=O) groups is 2. The molecule has 0 radical (unpaired) electrons. The number of nitrogens with one attached hydrogen (secondary N) is 1. The molecule has 2 N–H and O–H groups in total. The van der Waals surface area contributed by atoms with Crippen LogP contribution in [0.25, 0.3) is 6.08 Å². The summed E-state index contributed by atoms with van der Waals surface area (Å²) in [5.74, 6) is 0.623. The van der Waals surface area contributed by atoms with Crippen LogP contribution in [0.3, 0.4) is 0 Å². The molecule has 7 nitrogen and oxygen atoms in total. The number of likely N-dealkylation sites (tertiary alicyclic amines) is 1. The summed E-state index contributed by atoms with van der Waals surface area (Å²) in [7, 11) is -0.645. The van der Waals surface area contributed by atoms with Crippen molar-refractivity contribution < 1.29 is 19.3 Å². The Labute approximate surface area is 212 Å². The van der Waals surface area contributed by atoms with E-state index in [-0.39, 0.29) is 24.4 Å². The summed E-state index contributed by atoms with van der Waals surface area (Å²) in [6.45, 7) is 2.57. The number of hydrogen-bond donors (Lipinski definition) is 2. The summed E-state index contributed by atoms with van der Waals surface area (Å²) in [6, 6.07) is 26.1. The van der Waals surface area contributed by atoms with Gasteiger partial charge in [-0.2, -0.15) is 0 Å². The van der Waals surface area contributed by atoms with Gasteiger partial charge < -0.3 is 19.9 Å².